The summed E-state index contributed by atoms with van der Waals surface area (Å²) in [4.78, 5) is 23.3. The first-order valence-electron chi connectivity index (χ1n) is 8.63. The summed E-state index contributed by atoms with van der Waals surface area (Å²) in [5, 5.41) is 3.13. The van der Waals surface area contributed by atoms with E-state index in [9.17, 15) is 4.79 Å². The van der Waals surface area contributed by atoms with E-state index in [0.29, 0.717) is 0 Å². The van der Waals surface area contributed by atoms with Gasteiger partial charge in [0.05, 0.1) is 13.2 Å². The van der Waals surface area contributed by atoms with E-state index in [0.717, 1.165) is 43.2 Å². The van der Waals surface area contributed by atoms with E-state index in [-0.39, 0.29) is 17.9 Å². The maximum absolute atomic E-state index is 12.6. The van der Waals surface area contributed by atoms with Gasteiger partial charge in [-0.25, -0.2) is 9.97 Å². The Balaban J connectivity index is 1.52. The van der Waals surface area contributed by atoms with E-state index in [4.69, 9.17) is 4.74 Å². The third-order valence-electron chi connectivity index (χ3n) is 4.68. The van der Waals surface area contributed by atoms with Gasteiger partial charge in [-0.2, -0.15) is 0 Å². The Labute approximate surface area is 148 Å². The van der Waals surface area contributed by atoms with Crippen molar-refractivity contribution in [1.82, 2.24) is 15.3 Å². The van der Waals surface area contributed by atoms with E-state index in [1.165, 1.54) is 0 Å². The first-order chi connectivity index (χ1) is 12.2. The molecular formula is C19H24N4O2. The molecule has 1 fully saturated rings. The van der Waals surface area contributed by atoms with E-state index in [1.807, 2.05) is 37.3 Å². The average molecular weight is 340 g/mol. The number of piperidine rings is 1. The number of hydrogen-bond acceptors (Lipinski definition) is 5. The lowest BCUT2D eigenvalue weighted by atomic mass is 9.95. The van der Waals surface area contributed by atoms with E-state index >= 15 is 0 Å². The molecule has 0 saturated carbocycles. The van der Waals surface area contributed by atoms with Crippen LogP contribution in [0.1, 0.15) is 31.4 Å². The summed E-state index contributed by atoms with van der Waals surface area (Å²) in [6.45, 7) is 3.62. The number of benzene rings is 1. The molecule has 6 heteroatoms. The first-order valence-corrected chi connectivity index (χ1v) is 8.63. The number of rotatable bonds is 5. The summed E-state index contributed by atoms with van der Waals surface area (Å²) in [6, 6.07) is 9.59. The van der Waals surface area contributed by atoms with Gasteiger partial charge in [0.2, 0.25) is 11.9 Å². The van der Waals surface area contributed by atoms with Crippen molar-refractivity contribution >= 4 is 11.9 Å². The zero-order valence-corrected chi connectivity index (χ0v) is 14.7. The van der Waals surface area contributed by atoms with Crippen LogP contribution in [0.4, 0.5) is 5.95 Å². The second-order valence-electron chi connectivity index (χ2n) is 6.31. The topological polar surface area (TPSA) is 67.3 Å². The smallest absolute Gasteiger partial charge is 0.225 e. The maximum Gasteiger partial charge on any atom is 0.225 e. The number of amides is 1. The quantitative estimate of drug-likeness (QED) is 0.906. The molecule has 2 heterocycles. The van der Waals surface area contributed by atoms with Crippen LogP contribution in [-0.4, -0.2) is 36.1 Å². The van der Waals surface area contributed by atoms with Crippen LogP contribution in [0.5, 0.6) is 5.75 Å². The molecule has 1 saturated heterocycles. The van der Waals surface area contributed by atoms with Crippen molar-refractivity contribution in [2.24, 2.45) is 5.92 Å². The van der Waals surface area contributed by atoms with Gasteiger partial charge in [-0.15, -0.1) is 0 Å². The maximum atomic E-state index is 12.6. The van der Waals surface area contributed by atoms with Crippen LogP contribution in [0.2, 0.25) is 0 Å². The van der Waals surface area contributed by atoms with Crippen molar-refractivity contribution in [3.05, 3.63) is 48.3 Å². The molecule has 1 amide bonds. The number of carbonyl (C=O) groups excluding carboxylic acids is 1. The highest BCUT2D eigenvalue weighted by Gasteiger charge is 2.26. The number of aromatic nitrogens is 2. The third-order valence-corrected chi connectivity index (χ3v) is 4.68. The fraction of sp³-hybridized carbons (Fsp3) is 0.421. The fourth-order valence-corrected chi connectivity index (χ4v) is 3.10. The summed E-state index contributed by atoms with van der Waals surface area (Å²) in [7, 11) is 1.65. The zero-order chi connectivity index (χ0) is 17.6. The molecule has 1 aromatic heterocycles. The minimum Gasteiger partial charge on any atom is -0.497 e. The van der Waals surface area contributed by atoms with Crippen LogP contribution in [0.3, 0.4) is 0 Å². The van der Waals surface area contributed by atoms with Crippen molar-refractivity contribution < 1.29 is 9.53 Å². The Morgan fingerprint density at radius 1 is 1.20 bits per heavy atom. The van der Waals surface area contributed by atoms with Gasteiger partial charge in [0.1, 0.15) is 5.75 Å². The van der Waals surface area contributed by atoms with Gasteiger partial charge in [-0.05, 0) is 43.5 Å². The van der Waals surface area contributed by atoms with Crippen LogP contribution >= 0.6 is 0 Å². The predicted molar refractivity (Wildman–Crippen MR) is 96.5 cm³/mol. The highest BCUT2D eigenvalue weighted by atomic mass is 16.5. The molecule has 3 rings (SSSR count). The third kappa shape index (κ3) is 4.26. The van der Waals surface area contributed by atoms with Gasteiger partial charge in [0, 0.05) is 31.4 Å². The van der Waals surface area contributed by atoms with Gasteiger partial charge < -0.3 is 15.0 Å². The standard InChI is InChI=1S/C19H24N4O2/c1-14(15-4-6-17(25-2)7-5-15)22-18(24)16-8-12-23(13-9-16)19-20-10-3-11-21-19/h3-7,10-11,14,16H,8-9,12-13H2,1-2H3,(H,22,24)/t14-/m0/s1. The molecule has 1 atom stereocenters. The van der Waals surface area contributed by atoms with Crippen LogP contribution in [0.25, 0.3) is 0 Å². The molecule has 0 radical (unpaired) electrons. The number of anilines is 1. The lowest BCUT2D eigenvalue weighted by molar-refractivity contribution is -0.126. The second kappa shape index (κ2) is 7.96. The number of carbonyl (C=O) groups is 1. The number of methoxy groups -OCH3 is 1. The van der Waals surface area contributed by atoms with Crippen molar-refractivity contribution in [2.75, 3.05) is 25.1 Å². The second-order valence-corrected chi connectivity index (χ2v) is 6.31. The zero-order valence-electron chi connectivity index (χ0n) is 14.7. The van der Waals surface area contributed by atoms with Crippen molar-refractivity contribution in [3.8, 4) is 5.75 Å². The van der Waals surface area contributed by atoms with Crippen molar-refractivity contribution in [3.63, 3.8) is 0 Å². The van der Waals surface area contributed by atoms with Gasteiger partial charge in [-0.3, -0.25) is 4.79 Å². The Morgan fingerprint density at radius 3 is 2.44 bits per heavy atom. The number of nitrogens with zero attached hydrogens (tertiary/aromatic N) is 3. The van der Waals surface area contributed by atoms with E-state index in [2.05, 4.69) is 20.2 Å². The molecule has 25 heavy (non-hydrogen) atoms. The van der Waals surface area contributed by atoms with Crippen LogP contribution in [0.15, 0.2) is 42.7 Å². The SMILES string of the molecule is COc1ccc([C@H](C)NC(=O)C2CCN(c3ncccn3)CC2)cc1. The number of nitrogens with one attached hydrogen (secondary N) is 1. The monoisotopic (exact) mass is 340 g/mol. The van der Waals surface area contributed by atoms with Gasteiger partial charge in [0.15, 0.2) is 0 Å². The first kappa shape index (κ1) is 17.2. The molecule has 1 aliphatic heterocycles. The minimum atomic E-state index is -0.0195. The van der Waals surface area contributed by atoms with E-state index < -0.39 is 0 Å². The van der Waals surface area contributed by atoms with Gasteiger partial charge in [-0.1, -0.05) is 12.1 Å². The Kier molecular flexibility index (Phi) is 5.48. The molecule has 2 aromatic rings. The molecule has 1 aliphatic rings. The molecule has 0 aliphatic carbocycles. The summed E-state index contributed by atoms with van der Waals surface area (Å²) >= 11 is 0. The fourth-order valence-electron chi connectivity index (χ4n) is 3.10. The summed E-state index contributed by atoms with van der Waals surface area (Å²) in [5.74, 6) is 1.73. The van der Waals surface area contributed by atoms with Crippen molar-refractivity contribution in [2.45, 2.75) is 25.8 Å². The average Bonchev–Trinajstić information content (AvgIpc) is 2.68. The number of ether oxygens (including phenoxy) is 1. The largest absolute Gasteiger partial charge is 0.497 e. The summed E-state index contributed by atoms with van der Waals surface area (Å²) in [5.41, 5.74) is 1.07. The molecule has 1 N–H and O–H groups in total. The van der Waals surface area contributed by atoms with Crippen LogP contribution < -0.4 is 15.0 Å². The molecule has 6 nitrogen and oxygen atoms in total. The van der Waals surface area contributed by atoms with Crippen LogP contribution in [-0.2, 0) is 4.79 Å². The molecule has 132 valence electrons. The Hall–Kier alpha value is -2.63. The predicted octanol–water partition coefficient (Wildman–Crippen LogP) is 2.58. The highest BCUT2D eigenvalue weighted by Crippen LogP contribution is 2.22. The minimum absolute atomic E-state index is 0.0195. The summed E-state index contributed by atoms with van der Waals surface area (Å²) in [6.07, 6.45) is 5.13. The van der Waals surface area contributed by atoms with Gasteiger partial charge >= 0.3 is 0 Å². The Bertz CT molecular complexity index is 682. The van der Waals surface area contributed by atoms with Gasteiger partial charge in [0.25, 0.3) is 0 Å². The Morgan fingerprint density at radius 2 is 1.84 bits per heavy atom. The normalized spacial score (nSPS) is 16.3. The molecule has 0 bridgehead atoms. The van der Waals surface area contributed by atoms with Crippen molar-refractivity contribution in [1.29, 1.82) is 0 Å². The number of hydrogen-bond donors (Lipinski definition) is 1. The summed E-state index contributed by atoms with van der Waals surface area (Å²) < 4.78 is 5.17. The molecular weight excluding hydrogens is 316 g/mol. The lowest BCUT2D eigenvalue weighted by Crippen LogP contribution is -2.41. The van der Waals surface area contributed by atoms with E-state index in [1.54, 1.807) is 19.5 Å². The highest BCUT2D eigenvalue weighted by molar-refractivity contribution is 5.79. The lowest BCUT2D eigenvalue weighted by Gasteiger charge is -2.31. The molecule has 0 unspecified atom stereocenters. The molecule has 0 spiro atoms. The van der Waals surface area contributed by atoms with Crippen LogP contribution in [0, 0.1) is 5.92 Å². The molecule has 1 aromatic carbocycles.